The van der Waals surface area contributed by atoms with Crippen LogP contribution in [0, 0.1) is 0 Å². The van der Waals surface area contributed by atoms with Gasteiger partial charge in [0.25, 0.3) is 0 Å². The summed E-state index contributed by atoms with van der Waals surface area (Å²) in [6, 6.07) is 65.7. The van der Waals surface area contributed by atoms with Crippen LogP contribution in [0.2, 0.25) is 0 Å². The summed E-state index contributed by atoms with van der Waals surface area (Å²) in [6.07, 6.45) is 18.6. The summed E-state index contributed by atoms with van der Waals surface area (Å²) in [5.41, 5.74) is 10.2. The predicted molar refractivity (Wildman–Crippen MR) is 273 cm³/mol. The standard InChI is InChI=1S/C60H43NS/c1-3-5-6-7-23-51-52-24-10-11-25-53(52)54-26-12-13-27-55(54)56(51)31-17-21-45(4-2)61(46-38-34-43(35-39-46)49-29-16-20-42-19-8-9-22-48(42)49)47-40-36-44(37-41-47)50-30-18-32-58-57-28-14-15-33-59(57)62-60(50)58/h3-41H,1-2H2/b6-5-,23-7+,31-17+,45-21+. The molecular weight excluding hydrogens is 767 g/mol. The summed E-state index contributed by atoms with van der Waals surface area (Å²) in [5, 5.41) is 9.96. The number of hydrogen-bond acceptors (Lipinski definition) is 2. The molecule has 0 bridgehead atoms. The molecule has 0 fully saturated rings. The topological polar surface area (TPSA) is 3.24 Å². The maximum atomic E-state index is 4.38. The minimum atomic E-state index is 0.953. The normalized spacial score (nSPS) is 12.2. The molecule has 0 spiro atoms. The second-order valence-electron chi connectivity index (χ2n) is 15.3. The summed E-state index contributed by atoms with van der Waals surface area (Å²) in [4.78, 5) is 2.30. The van der Waals surface area contributed by atoms with Crippen molar-refractivity contribution in [2.45, 2.75) is 0 Å². The second-order valence-corrected chi connectivity index (χ2v) is 16.3. The Bertz CT molecular complexity index is 3420. The Balaban J connectivity index is 1.09. The molecule has 0 aliphatic heterocycles. The smallest absolute Gasteiger partial charge is 0.0462 e. The van der Waals surface area contributed by atoms with Crippen LogP contribution in [0.25, 0.3) is 86.9 Å². The van der Waals surface area contributed by atoms with Crippen LogP contribution in [0.3, 0.4) is 0 Å². The Hall–Kier alpha value is -7.78. The van der Waals surface area contributed by atoms with E-state index in [-0.39, 0.29) is 0 Å². The van der Waals surface area contributed by atoms with Crippen LogP contribution in [0.1, 0.15) is 11.1 Å². The van der Waals surface area contributed by atoms with E-state index in [1.807, 2.05) is 29.6 Å². The predicted octanol–water partition coefficient (Wildman–Crippen LogP) is 17.5. The van der Waals surface area contributed by atoms with Crippen LogP contribution in [-0.2, 0) is 0 Å². The molecule has 1 aromatic heterocycles. The first-order valence-electron chi connectivity index (χ1n) is 21.0. The maximum Gasteiger partial charge on any atom is 0.0462 e. The van der Waals surface area contributed by atoms with Crippen LogP contribution >= 0.6 is 11.3 Å². The molecule has 62 heavy (non-hydrogen) atoms. The molecule has 0 unspecified atom stereocenters. The van der Waals surface area contributed by atoms with Gasteiger partial charge in [0.1, 0.15) is 0 Å². The van der Waals surface area contributed by atoms with Gasteiger partial charge >= 0.3 is 0 Å². The first kappa shape index (κ1) is 38.4. The van der Waals surface area contributed by atoms with E-state index >= 15 is 0 Å². The number of fused-ring (bicyclic) bond motifs is 7. The van der Waals surface area contributed by atoms with Gasteiger partial charge in [0.2, 0.25) is 0 Å². The van der Waals surface area contributed by atoms with Gasteiger partial charge < -0.3 is 4.90 Å². The molecule has 2 heteroatoms. The maximum absolute atomic E-state index is 4.38. The number of thiophene rings is 1. The molecule has 0 aliphatic rings. The molecule has 0 aliphatic carbocycles. The van der Waals surface area contributed by atoms with Gasteiger partial charge in [-0.1, -0.05) is 207 Å². The molecule has 0 atom stereocenters. The largest absolute Gasteiger partial charge is 0.311 e. The van der Waals surface area contributed by atoms with E-state index in [4.69, 9.17) is 0 Å². The number of hydrogen-bond donors (Lipinski definition) is 0. The van der Waals surface area contributed by atoms with Crippen molar-refractivity contribution in [1.82, 2.24) is 0 Å². The number of benzene rings is 9. The van der Waals surface area contributed by atoms with E-state index in [0.717, 1.165) is 22.6 Å². The lowest BCUT2D eigenvalue weighted by atomic mass is 9.91. The van der Waals surface area contributed by atoms with Gasteiger partial charge in [0.05, 0.1) is 0 Å². The van der Waals surface area contributed by atoms with Gasteiger partial charge in [-0.15, -0.1) is 11.3 Å². The van der Waals surface area contributed by atoms with Gasteiger partial charge in [-0.25, -0.2) is 0 Å². The Labute approximate surface area is 367 Å². The van der Waals surface area contributed by atoms with E-state index in [1.54, 1.807) is 6.08 Å². The van der Waals surface area contributed by atoms with E-state index in [2.05, 4.69) is 230 Å². The molecule has 0 saturated carbocycles. The molecule has 0 amide bonds. The van der Waals surface area contributed by atoms with Crippen LogP contribution in [0.15, 0.2) is 243 Å². The average Bonchev–Trinajstić information content (AvgIpc) is 3.72. The zero-order chi connectivity index (χ0) is 41.8. The third kappa shape index (κ3) is 7.17. The third-order valence-electron chi connectivity index (χ3n) is 11.7. The van der Waals surface area contributed by atoms with Crippen molar-refractivity contribution < 1.29 is 0 Å². The van der Waals surface area contributed by atoms with Crippen molar-refractivity contribution in [2.24, 2.45) is 0 Å². The van der Waals surface area contributed by atoms with E-state index in [1.165, 1.54) is 80.3 Å². The molecular formula is C60H43NS. The Morgan fingerprint density at radius 2 is 0.935 bits per heavy atom. The Morgan fingerprint density at radius 3 is 1.60 bits per heavy atom. The molecule has 0 radical (unpaired) electrons. The summed E-state index contributed by atoms with van der Waals surface area (Å²) >= 11 is 1.86. The fourth-order valence-corrected chi connectivity index (χ4v) is 10.0. The highest BCUT2D eigenvalue weighted by molar-refractivity contribution is 7.26. The third-order valence-corrected chi connectivity index (χ3v) is 12.9. The minimum absolute atomic E-state index is 0.953. The lowest BCUT2D eigenvalue weighted by Gasteiger charge is -2.27. The highest BCUT2D eigenvalue weighted by Gasteiger charge is 2.16. The van der Waals surface area contributed by atoms with Crippen molar-refractivity contribution in [3.8, 4) is 22.3 Å². The number of allylic oxidation sites excluding steroid dienone is 7. The van der Waals surface area contributed by atoms with Crippen molar-refractivity contribution in [3.05, 3.63) is 255 Å². The second kappa shape index (κ2) is 17.1. The molecule has 0 saturated heterocycles. The number of rotatable bonds is 11. The monoisotopic (exact) mass is 809 g/mol. The number of nitrogens with zero attached hydrogens (tertiary/aromatic N) is 1. The molecule has 10 rings (SSSR count). The van der Waals surface area contributed by atoms with Gasteiger partial charge in [-0.3, -0.25) is 0 Å². The SMILES string of the molecule is C=C/C=C\C=C\c1c(/C=C/C=C(\C=C)N(c2ccc(-c3cccc4ccccc34)cc2)c2ccc(-c3cccc4c3sc3ccccc34)cc2)c2ccccc2c2ccccc12. The molecule has 1 nitrogen and oxygen atoms in total. The Kier molecular flexibility index (Phi) is 10.6. The summed E-state index contributed by atoms with van der Waals surface area (Å²) < 4.78 is 2.62. The molecule has 1 heterocycles. The van der Waals surface area contributed by atoms with Crippen molar-refractivity contribution in [3.63, 3.8) is 0 Å². The van der Waals surface area contributed by atoms with E-state index in [9.17, 15) is 0 Å². The lowest BCUT2D eigenvalue weighted by Crippen LogP contribution is -2.15. The first-order chi connectivity index (χ1) is 30.7. The first-order valence-corrected chi connectivity index (χ1v) is 21.8. The van der Waals surface area contributed by atoms with Crippen molar-refractivity contribution >= 4 is 87.4 Å². The number of anilines is 2. The van der Waals surface area contributed by atoms with Crippen LogP contribution in [0.5, 0.6) is 0 Å². The fraction of sp³-hybridized carbons (Fsp3) is 0. The highest BCUT2D eigenvalue weighted by Crippen LogP contribution is 2.42. The summed E-state index contributed by atoms with van der Waals surface area (Å²) in [5.74, 6) is 0. The highest BCUT2D eigenvalue weighted by atomic mass is 32.1. The van der Waals surface area contributed by atoms with Gasteiger partial charge in [-0.05, 0) is 108 Å². The minimum Gasteiger partial charge on any atom is -0.311 e. The molecule has 0 N–H and O–H groups in total. The lowest BCUT2D eigenvalue weighted by molar-refractivity contribution is 1.21. The molecule has 9 aromatic carbocycles. The van der Waals surface area contributed by atoms with Gasteiger partial charge in [0.15, 0.2) is 0 Å². The van der Waals surface area contributed by atoms with E-state index in [0.29, 0.717) is 0 Å². The Morgan fingerprint density at radius 1 is 0.419 bits per heavy atom. The van der Waals surface area contributed by atoms with Gasteiger partial charge in [0, 0.05) is 37.2 Å². The quantitative estimate of drug-likeness (QED) is 0.0929. The zero-order valence-corrected chi connectivity index (χ0v) is 35.1. The van der Waals surface area contributed by atoms with Crippen molar-refractivity contribution in [2.75, 3.05) is 4.90 Å². The van der Waals surface area contributed by atoms with Crippen LogP contribution < -0.4 is 4.90 Å². The summed E-state index contributed by atoms with van der Waals surface area (Å²) in [7, 11) is 0. The average molecular weight is 810 g/mol. The van der Waals surface area contributed by atoms with E-state index < -0.39 is 0 Å². The molecule has 294 valence electrons. The van der Waals surface area contributed by atoms with Gasteiger partial charge in [-0.2, -0.15) is 0 Å². The van der Waals surface area contributed by atoms with Crippen LogP contribution in [0.4, 0.5) is 11.4 Å². The van der Waals surface area contributed by atoms with Crippen LogP contribution in [-0.4, -0.2) is 0 Å². The molecule has 10 aromatic rings. The van der Waals surface area contributed by atoms with Crippen molar-refractivity contribution in [1.29, 1.82) is 0 Å². The summed E-state index contributed by atoms with van der Waals surface area (Å²) in [6.45, 7) is 8.23. The fourth-order valence-electron chi connectivity index (χ4n) is 8.81. The zero-order valence-electron chi connectivity index (χ0n) is 34.3.